The zero-order valence-electron chi connectivity index (χ0n) is 28.2. The lowest BCUT2D eigenvalue weighted by atomic mass is 9.93. The van der Waals surface area contributed by atoms with Gasteiger partial charge in [-0.15, -0.1) is 0 Å². The van der Waals surface area contributed by atoms with Crippen LogP contribution in [0.4, 0.5) is 0 Å². The van der Waals surface area contributed by atoms with E-state index in [2.05, 4.69) is 0 Å². The summed E-state index contributed by atoms with van der Waals surface area (Å²) < 4.78 is 40.7. The van der Waals surface area contributed by atoms with E-state index in [0.29, 0.717) is 34.1 Å². The fourth-order valence-electron chi connectivity index (χ4n) is 5.30. The molecule has 0 fully saturated rings. The average Bonchev–Trinajstić information content (AvgIpc) is 3.11. The summed E-state index contributed by atoms with van der Waals surface area (Å²) in [6, 6.07) is 29.3. The van der Waals surface area contributed by atoms with E-state index in [1.165, 1.54) is 28.1 Å². The molecule has 0 aliphatic carbocycles. The minimum atomic E-state index is -0.999. The lowest BCUT2D eigenvalue weighted by Crippen LogP contribution is -2.43. The topological polar surface area (TPSA) is 102 Å². The van der Waals surface area contributed by atoms with Gasteiger partial charge in [0.1, 0.15) is 13.2 Å². The van der Waals surface area contributed by atoms with Crippen LogP contribution in [0.3, 0.4) is 0 Å². The number of rotatable bonds is 17. The van der Waals surface area contributed by atoms with Gasteiger partial charge in [-0.05, 0) is 46.5 Å². The molecule has 254 valence electrons. The number of ether oxygens (including phenoxy) is 7. The number of esters is 1. The van der Waals surface area contributed by atoms with Crippen molar-refractivity contribution in [2.45, 2.75) is 45.5 Å². The first-order valence-electron chi connectivity index (χ1n) is 15.5. The molecule has 4 rings (SSSR count). The molecule has 0 heterocycles. The molecule has 0 aliphatic heterocycles. The Morgan fingerprint density at radius 1 is 0.625 bits per heavy atom. The highest BCUT2D eigenvalue weighted by atomic mass is 16.7. The lowest BCUT2D eigenvalue weighted by Gasteiger charge is -2.38. The molecule has 0 saturated carbocycles. The Labute approximate surface area is 282 Å². The second kappa shape index (κ2) is 17.7. The van der Waals surface area contributed by atoms with E-state index in [9.17, 15) is 9.59 Å². The highest BCUT2D eigenvalue weighted by Crippen LogP contribution is 2.43. The van der Waals surface area contributed by atoms with E-state index in [0.717, 1.165) is 11.1 Å². The van der Waals surface area contributed by atoms with Crippen LogP contribution in [0.2, 0.25) is 0 Å². The van der Waals surface area contributed by atoms with Gasteiger partial charge in [0.05, 0.1) is 26.8 Å². The molecule has 4 aromatic carbocycles. The Hall–Kier alpha value is -5.06. The third-order valence-corrected chi connectivity index (χ3v) is 7.71. The Bertz CT molecular complexity index is 1610. The molecule has 0 saturated heterocycles. The van der Waals surface area contributed by atoms with Crippen LogP contribution in [0, 0.1) is 0 Å². The fourth-order valence-corrected chi connectivity index (χ4v) is 5.30. The SMILES string of the molecule is COc1ccc([C@H]([C@@H](OC(C)=O)c2ccc(OC)c(OCc3ccccc3)c2)N(CC(OC)OC)C(C)=O)cc1OCc1ccccc1. The summed E-state index contributed by atoms with van der Waals surface area (Å²) in [4.78, 5) is 27.8. The number of methoxy groups -OCH3 is 4. The van der Waals surface area contributed by atoms with Crippen molar-refractivity contribution in [3.8, 4) is 23.0 Å². The number of benzene rings is 4. The Balaban J connectivity index is 1.84. The van der Waals surface area contributed by atoms with Crippen molar-refractivity contribution in [2.75, 3.05) is 35.0 Å². The van der Waals surface area contributed by atoms with E-state index in [-0.39, 0.29) is 25.7 Å². The van der Waals surface area contributed by atoms with Gasteiger partial charge in [-0.1, -0.05) is 72.8 Å². The summed E-state index contributed by atoms with van der Waals surface area (Å²) in [6.07, 6.45) is -1.76. The molecule has 48 heavy (non-hydrogen) atoms. The number of hydrogen-bond donors (Lipinski definition) is 0. The van der Waals surface area contributed by atoms with E-state index < -0.39 is 24.4 Å². The van der Waals surface area contributed by atoms with E-state index in [4.69, 9.17) is 33.2 Å². The minimum Gasteiger partial charge on any atom is -0.493 e. The molecule has 0 unspecified atom stereocenters. The zero-order valence-corrected chi connectivity index (χ0v) is 28.2. The molecule has 0 aromatic heterocycles. The molecular weight excluding hydrogens is 614 g/mol. The maximum absolute atomic E-state index is 13.5. The van der Waals surface area contributed by atoms with E-state index in [1.54, 1.807) is 49.5 Å². The summed E-state index contributed by atoms with van der Waals surface area (Å²) in [5, 5.41) is 0. The Morgan fingerprint density at radius 2 is 1.10 bits per heavy atom. The maximum Gasteiger partial charge on any atom is 0.303 e. The molecule has 0 N–H and O–H groups in total. The quantitative estimate of drug-likeness (QED) is 0.0910. The summed E-state index contributed by atoms with van der Waals surface area (Å²) in [5.74, 6) is 1.05. The average molecular weight is 658 g/mol. The predicted molar refractivity (Wildman–Crippen MR) is 180 cm³/mol. The van der Waals surface area contributed by atoms with Crippen molar-refractivity contribution in [2.24, 2.45) is 0 Å². The third-order valence-electron chi connectivity index (χ3n) is 7.71. The van der Waals surface area contributed by atoms with Crippen molar-refractivity contribution in [3.63, 3.8) is 0 Å². The molecule has 0 spiro atoms. The number of amides is 1. The van der Waals surface area contributed by atoms with Crippen molar-refractivity contribution in [1.82, 2.24) is 4.90 Å². The molecule has 0 bridgehead atoms. The molecule has 10 heteroatoms. The number of hydrogen-bond acceptors (Lipinski definition) is 9. The van der Waals surface area contributed by atoms with E-state index >= 15 is 0 Å². The smallest absolute Gasteiger partial charge is 0.303 e. The molecule has 0 radical (unpaired) electrons. The van der Waals surface area contributed by atoms with Crippen LogP contribution in [0.1, 0.15) is 48.2 Å². The summed E-state index contributed by atoms with van der Waals surface area (Å²) >= 11 is 0. The standard InChI is InChI=1S/C38H43NO9/c1-26(40)39(23-36(44-5)45-6)37(30-17-19-32(42-3)34(21-30)46-24-28-13-9-7-10-14-28)38(48-27(2)41)31-18-20-33(43-4)35(22-31)47-25-29-15-11-8-12-16-29/h7-22,36-38H,23-25H2,1-6H3/t37-,38+/m1/s1. The second-order valence-electron chi connectivity index (χ2n) is 10.9. The van der Waals surface area contributed by atoms with Gasteiger partial charge < -0.3 is 38.1 Å². The first-order chi connectivity index (χ1) is 23.3. The van der Waals surface area contributed by atoms with Crippen LogP contribution in [0.25, 0.3) is 0 Å². The van der Waals surface area contributed by atoms with Gasteiger partial charge in [-0.3, -0.25) is 9.59 Å². The number of carbonyl (C=O) groups excluding carboxylic acids is 2. The molecule has 2 atom stereocenters. The molecule has 4 aromatic rings. The van der Waals surface area contributed by atoms with Crippen LogP contribution < -0.4 is 18.9 Å². The predicted octanol–water partition coefficient (Wildman–Crippen LogP) is 6.67. The Morgan fingerprint density at radius 3 is 1.54 bits per heavy atom. The van der Waals surface area contributed by atoms with Crippen LogP contribution in [0.5, 0.6) is 23.0 Å². The largest absolute Gasteiger partial charge is 0.493 e. The molecule has 1 amide bonds. The number of nitrogens with zero attached hydrogens (tertiary/aromatic N) is 1. The van der Waals surface area contributed by atoms with Crippen molar-refractivity contribution >= 4 is 11.9 Å². The van der Waals surface area contributed by atoms with Crippen molar-refractivity contribution in [3.05, 3.63) is 119 Å². The summed E-state index contributed by atoms with van der Waals surface area (Å²) in [6.45, 7) is 3.37. The van der Waals surface area contributed by atoms with Gasteiger partial charge in [-0.2, -0.15) is 0 Å². The van der Waals surface area contributed by atoms with E-state index in [1.807, 2.05) is 66.7 Å². The van der Waals surface area contributed by atoms with Gasteiger partial charge in [0, 0.05) is 28.1 Å². The summed E-state index contributed by atoms with van der Waals surface area (Å²) in [5.41, 5.74) is 3.12. The van der Waals surface area contributed by atoms with Gasteiger partial charge in [0.25, 0.3) is 0 Å². The highest BCUT2D eigenvalue weighted by Gasteiger charge is 2.37. The van der Waals surface area contributed by atoms with Crippen LogP contribution in [-0.4, -0.2) is 58.1 Å². The molecular formula is C38H43NO9. The second-order valence-corrected chi connectivity index (χ2v) is 10.9. The minimum absolute atomic E-state index is 0.0323. The third kappa shape index (κ3) is 9.49. The van der Waals surface area contributed by atoms with Crippen LogP contribution in [-0.2, 0) is 37.0 Å². The first-order valence-corrected chi connectivity index (χ1v) is 15.5. The monoisotopic (exact) mass is 657 g/mol. The highest BCUT2D eigenvalue weighted by molar-refractivity contribution is 5.74. The zero-order chi connectivity index (χ0) is 34.5. The normalized spacial score (nSPS) is 12.1. The van der Waals surface area contributed by atoms with Crippen LogP contribution >= 0.6 is 0 Å². The van der Waals surface area contributed by atoms with Gasteiger partial charge in [-0.25, -0.2) is 0 Å². The Kier molecular flexibility index (Phi) is 13.2. The van der Waals surface area contributed by atoms with Gasteiger partial charge in [0.2, 0.25) is 5.91 Å². The van der Waals surface area contributed by atoms with Crippen molar-refractivity contribution < 1.29 is 42.7 Å². The lowest BCUT2D eigenvalue weighted by molar-refractivity contribution is -0.162. The molecule has 0 aliphatic rings. The summed E-state index contributed by atoms with van der Waals surface area (Å²) in [7, 11) is 6.10. The fraction of sp³-hybridized carbons (Fsp3) is 0.316. The first kappa shape index (κ1) is 35.8. The van der Waals surface area contributed by atoms with Gasteiger partial charge in [0.15, 0.2) is 35.4 Å². The van der Waals surface area contributed by atoms with Crippen molar-refractivity contribution in [1.29, 1.82) is 0 Å². The van der Waals surface area contributed by atoms with Gasteiger partial charge >= 0.3 is 5.97 Å². The maximum atomic E-state index is 13.5. The molecule has 10 nitrogen and oxygen atoms in total. The number of carbonyl (C=O) groups is 2. The van der Waals surface area contributed by atoms with Crippen LogP contribution in [0.15, 0.2) is 97.1 Å².